The van der Waals surface area contributed by atoms with Crippen molar-refractivity contribution >= 4 is 11.6 Å². The van der Waals surface area contributed by atoms with E-state index in [1.54, 1.807) is 6.07 Å². The summed E-state index contributed by atoms with van der Waals surface area (Å²) in [5.74, 6) is 0.161. The molecule has 0 atom stereocenters. The second-order valence-electron chi connectivity index (χ2n) is 4.97. The van der Waals surface area contributed by atoms with Crippen LogP contribution < -0.4 is 10.6 Å². The molecule has 1 saturated carbocycles. The number of carbonyl (C=O) groups excluding carboxylic acids is 1. The lowest BCUT2D eigenvalue weighted by atomic mass is 10.1. The van der Waals surface area contributed by atoms with Crippen LogP contribution >= 0.6 is 0 Å². The van der Waals surface area contributed by atoms with Gasteiger partial charge in [0.2, 0.25) is 5.91 Å². The van der Waals surface area contributed by atoms with Gasteiger partial charge in [-0.2, -0.15) is 18.4 Å². The number of rotatable bonds is 5. The van der Waals surface area contributed by atoms with Crippen LogP contribution in [0.4, 0.5) is 18.9 Å². The van der Waals surface area contributed by atoms with Crippen LogP contribution in [-0.2, 0) is 11.0 Å². The van der Waals surface area contributed by atoms with E-state index in [1.165, 1.54) is 6.07 Å². The monoisotopic (exact) mass is 297 g/mol. The third-order valence-electron chi connectivity index (χ3n) is 3.18. The molecule has 21 heavy (non-hydrogen) atoms. The quantitative estimate of drug-likeness (QED) is 0.877. The van der Waals surface area contributed by atoms with Gasteiger partial charge in [0.15, 0.2) is 0 Å². The molecular formula is C14H14F3N3O. The molecule has 1 amide bonds. The van der Waals surface area contributed by atoms with E-state index in [1.807, 2.05) is 0 Å². The molecule has 7 heteroatoms. The minimum atomic E-state index is -4.58. The first-order valence-electron chi connectivity index (χ1n) is 6.52. The predicted octanol–water partition coefficient (Wildman–Crippen LogP) is 2.52. The molecule has 2 N–H and O–H groups in total. The zero-order valence-corrected chi connectivity index (χ0v) is 11.1. The minimum Gasteiger partial charge on any atom is -0.376 e. The normalized spacial score (nSPS) is 14.4. The molecule has 1 aromatic rings. The van der Waals surface area contributed by atoms with Gasteiger partial charge in [-0.1, -0.05) is 0 Å². The fourth-order valence-electron chi connectivity index (χ4n) is 1.82. The number of carbonyl (C=O) groups is 1. The third-order valence-corrected chi connectivity index (χ3v) is 3.18. The van der Waals surface area contributed by atoms with Gasteiger partial charge in [-0.3, -0.25) is 4.79 Å². The summed E-state index contributed by atoms with van der Waals surface area (Å²) in [5, 5.41) is 13.8. The van der Waals surface area contributed by atoms with Gasteiger partial charge in [0.25, 0.3) is 0 Å². The number of benzene rings is 1. The van der Waals surface area contributed by atoms with Crippen molar-refractivity contribution in [3.05, 3.63) is 29.3 Å². The summed E-state index contributed by atoms with van der Waals surface area (Å²) in [5.41, 5.74) is -1.23. The van der Waals surface area contributed by atoms with Gasteiger partial charge in [0.05, 0.1) is 23.7 Å². The number of nitriles is 1. The topological polar surface area (TPSA) is 64.9 Å². The Kier molecular flexibility index (Phi) is 4.36. The van der Waals surface area contributed by atoms with E-state index >= 15 is 0 Å². The SMILES string of the molecule is N#Cc1ccc(NCC(=O)NCC2CC2)c(C(F)(F)F)c1. The smallest absolute Gasteiger partial charge is 0.376 e. The molecular weight excluding hydrogens is 283 g/mol. The van der Waals surface area contributed by atoms with Crippen molar-refractivity contribution in [1.82, 2.24) is 5.32 Å². The summed E-state index contributed by atoms with van der Waals surface area (Å²) in [6, 6.07) is 4.87. The highest BCUT2D eigenvalue weighted by molar-refractivity contribution is 5.81. The highest BCUT2D eigenvalue weighted by atomic mass is 19.4. The Bertz CT molecular complexity index is 574. The summed E-state index contributed by atoms with van der Waals surface area (Å²) in [6.45, 7) is 0.335. The minimum absolute atomic E-state index is 0.0777. The predicted molar refractivity (Wildman–Crippen MR) is 70.4 cm³/mol. The van der Waals surface area contributed by atoms with Crippen LogP contribution in [0.15, 0.2) is 18.2 Å². The molecule has 1 aliphatic rings. The number of anilines is 1. The Morgan fingerprint density at radius 3 is 2.67 bits per heavy atom. The molecule has 4 nitrogen and oxygen atoms in total. The molecule has 0 heterocycles. The van der Waals surface area contributed by atoms with Gasteiger partial charge >= 0.3 is 6.18 Å². The van der Waals surface area contributed by atoms with E-state index in [0.29, 0.717) is 12.5 Å². The first-order chi connectivity index (χ1) is 9.90. The molecule has 0 unspecified atom stereocenters. The first kappa shape index (κ1) is 15.2. The van der Waals surface area contributed by atoms with Gasteiger partial charge in [0.1, 0.15) is 0 Å². The Hall–Kier alpha value is -2.23. The lowest BCUT2D eigenvalue weighted by Gasteiger charge is -2.14. The molecule has 112 valence electrons. The number of amides is 1. The Balaban J connectivity index is 2.01. The van der Waals surface area contributed by atoms with Crippen molar-refractivity contribution in [2.24, 2.45) is 5.92 Å². The maximum Gasteiger partial charge on any atom is 0.418 e. The van der Waals surface area contributed by atoms with Crippen molar-refractivity contribution < 1.29 is 18.0 Å². The maximum atomic E-state index is 12.9. The fourth-order valence-corrected chi connectivity index (χ4v) is 1.82. The van der Waals surface area contributed by atoms with Crippen LogP contribution in [0.2, 0.25) is 0 Å². The van der Waals surface area contributed by atoms with Crippen LogP contribution in [0.5, 0.6) is 0 Å². The van der Waals surface area contributed by atoms with E-state index in [4.69, 9.17) is 5.26 Å². The van der Waals surface area contributed by atoms with Crippen molar-refractivity contribution in [3.63, 3.8) is 0 Å². The van der Waals surface area contributed by atoms with E-state index < -0.39 is 11.7 Å². The van der Waals surface area contributed by atoms with E-state index in [-0.39, 0.29) is 23.7 Å². The van der Waals surface area contributed by atoms with E-state index in [0.717, 1.165) is 25.0 Å². The third kappa shape index (κ3) is 4.38. The number of nitrogens with one attached hydrogen (secondary N) is 2. The summed E-state index contributed by atoms with van der Waals surface area (Å²) < 4.78 is 38.7. The van der Waals surface area contributed by atoms with Crippen molar-refractivity contribution in [2.75, 3.05) is 18.4 Å². The number of hydrogen-bond acceptors (Lipinski definition) is 3. The molecule has 1 aliphatic carbocycles. The standard InChI is InChI=1S/C14H14F3N3O/c15-14(16,17)11-5-10(6-18)3-4-12(11)19-8-13(21)20-7-9-1-2-9/h3-5,9,19H,1-2,7-8H2,(H,20,21). The molecule has 0 saturated heterocycles. The van der Waals surface area contributed by atoms with Crippen LogP contribution in [-0.4, -0.2) is 19.0 Å². The molecule has 0 aromatic heterocycles. The average Bonchev–Trinajstić information content (AvgIpc) is 3.26. The van der Waals surface area contributed by atoms with Crippen LogP contribution in [0.3, 0.4) is 0 Å². The van der Waals surface area contributed by atoms with Crippen molar-refractivity contribution in [2.45, 2.75) is 19.0 Å². The number of halogens is 3. The zero-order valence-electron chi connectivity index (χ0n) is 11.1. The molecule has 1 aromatic carbocycles. The van der Waals surface area contributed by atoms with Crippen LogP contribution in [0.25, 0.3) is 0 Å². The van der Waals surface area contributed by atoms with E-state index in [9.17, 15) is 18.0 Å². The van der Waals surface area contributed by atoms with Crippen molar-refractivity contribution in [1.29, 1.82) is 5.26 Å². The van der Waals surface area contributed by atoms with Gasteiger partial charge in [0, 0.05) is 12.2 Å². The highest BCUT2D eigenvalue weighted by Gasteiger charge is 2.34. The molecule has 0 bridgehead atoms. The van der Waals surface area contributed by atoms with Gasteiger partial charge in [-0.15, -0.1) is 0 Å². The summed E-state index contributed by atoms with van der Waals surface area (Å²) in [4.78, 5) is 11.5. The molecule has 0 radical (unpaired) electrons. The van der Waals surface area contributed by atoms with Crippen molar-refractivity contribution in [3.8, 4) is 6.07 Å². The van der Waals surface area contributed by atoms with Gasteiger partial charge < -0.3 is 10.6 Å². The lowest BCUT2D eigenvalue weighted by molar-refractivity contribution is -0.137. The first-order valence-corrected chi connectivity index (χ1v) is 6.52. The molecule has 0 spiro atoms. The average molecular weight is 297 g/mol. The van der Waals surface area contributed by atoms with Crippen LogP contribution in [0, 0.1) is 17.2 Å². The summed E-state index contributed by atoms with van der Waals surface area (Å²) >= 11 is 0. The molecule has 2 rings (SSSR count). The second-order valence-corrected chi connectivity index (χ2v) is 4.97. The van der Waals surface area contributed by atoms with E-state index in [2.05, 4.69) is 10.6 Å². The number of nitrogens with zero attached hydrogens (tertiary/aromatic N) is 1. The molecule has 1 fully saturated rings. The molecule has 0 aliphatic heterocycles. The van der Waals surface area contributed by atoms with Crippen LogP contribution in [0.1, 0.15) is 24.0 Å². The highest BCUT2D eigenvalue weighted by Crippen LogP contribution is 2.35. The van der Waals surface area contributed by atoms with Gasteiger partial charge in [-0.05, 0) is 37.0 Å². The summed E-state index contributed by atoms with van der Waals surface area (Å²) in [7, 11) is 0. The lowest BCUT2D eigenvalue weighted by Crippen LogP contribution is -2.31. The second kappa shape index (κ2) is 6.04. The largest absolute Gasteiger partial charge is 0.418 e. The van der Waals surface area contributed by atoms with Gasteiger partial charge in [-0.25, -0.2) is 0 Å². The fraction of sp³-hybridized carbons (Fsp3) is 0.429. The maximum absolute atomic E-state index is 12.9. The Morgan fingerprint density at radius 1 is 1.38 bits per heavy atom. The summed E-state index contributed by atoms with van der Waals surface area (Å²) in [6.07, 6.45) is -2.41. The number of alkyl halides is 3. The zero-order chi connectivity index (χ0) is 15.5. The number of hydrogen-bond donors (Lipinski definition) is 2. The Labute approximate surface area is 119 Å². The Morgan fingerprint density at radius 2 is 2.10 bits per heavy atom.